The number of fused-ring (bicyclic) bond motifs is 1. The van der Waals surface area contributed by atoms with Crippen molar-refractivity contribution in [3.05, 3.63) is 59.5 Å². The van der Waals surface area contributed by atoms with E-state index in [-0.39, 0.29) is 11.8 Å². The molecule has 140 valence electrons. The average molecular weight is 383 g/mol. The smallest absolute Gasteiger partial charge is 0.227 e. The molecule has 0 unspecified atom stereocenters. The van der Waals surface area contributed by atoms with E-state index in [0.717, 1.165) is 37.0 Å². The third kappa shape index (κ3) is 3.83. The van der Waals surface area contributed by atoms with E-state index in [0.29, 0.717) is 16.9 Å². The van der Waals surface area contributed by atoms with Crippen molar-refractivity contribution in [1.29, 1.82) is 0 Å². The maximum Gasteiger partial charge on any atom is 0.227 e. The molecule has 4 rings (SSSR count). The highest BCUT2D eigenvalue weighted by molar-refractivity contribution is 6.30. The standard InChI is InChI=1S/C21H23ClN4O/c1-14(21(27)25-18-8-6-17(22)7-9-18)15-2-4-16(5-3-15)19-10-12-23-20-11-13-24-26(19)20/h6-16H,2-5H2,1H3,(H,25,27)/t14-,15-,16+/m1/s1. The number of carbonyl (C=O) groups is 1. The number of rotatable bonds is 4. The molecule has 2 heterocycles. The highest BCUT2D eigenvalue weighted by Crippen LogP contribution is 2.38. The molecule has 1 aliphatic rings. The molecular formula is C21H23ClN4O. The van der Waals surface area contributed by atoms with E-state index in [9.17, 15) is 4.79 Å². The minimum Gasteiger partial charge on any atom is -0.326 e. The summed E-state index contributed by atoms with van der Waals surface area (Å²) < 4.78 is 1.95. The normalized spacial score (nSPS) is 21.1. The van der Waals surface area contributed by atoms with Crippen LogP contribution in [0.4, 0.5) is 5.69 Å². The maximum atomic E-state index is 12.6. The Hall–Kier alpha value is -2.40. The summed E-state index contributed by atoms with van der Waals surface area (Å²) in [5, 5.41) is 8.09. The van der Waals surface area contributed by atoms with E-state index < -0.39 is 0 Å². The fourth-order valence-corrected chi connectivity index (χ4v) is 4.21. The summed E-state index contributed by atoms with van der Waals surface area (Å²) >= 11 is 5.90. The van der Waals surface area contributed by atoms with Crippen LogP contribution in [-0.2, 0) is 4.79 Å². The largest absolute Gasteiger partial charge is 0.326 e. The van der Waals surface area contributed by atoms with Gasteiger partial charge in [-0.15, -0.1) is 0 Å². The lowest BCUT2D eigenvalue weighted by Crippen LogP contribution is -2.29. The Kier molecular flexibility index (Phi) is 5.12. The van der Waals surface area contributed by atoms with Crippen molar-refractivity contribution in [1.82, 2.24) is 14.6 Å². The molecule has 1 amide bonds. The van der Waals surface area contributed by atoms with Gasteiger partial charge in [-0.25, -0.2) is 9.50 Å². The number of anilines is 1. The van der Waals surface area contributed by atoms with Gasteiger partial charge in [0.25, 0.3) is 0 Å². The molecule has 3 aromatic rings. The van der Waals surface area contributed by atoms with Crippen LogP contribution < -0.4 is 5.32 Å². The van der Waals surface area contributed by atoms with Crippen LogP contribution >= 0.6 is 11.6 Å². The maximum absolute atomic E-state index is 12.6. The summed E-state index contributed by atoms with van der Waals surface area (Å²) in [6.07, 6.45) is 7.89. The zero-order valence-corrected chi connectivity index (χ0v) is 16.1. The average Bonchev–Trinajstić information content (AvgIpc) is 3.18. The molecule has 0 saturated heterocycles. The van der Waals surface area contributed by atoms with Gasteiger partial charge in [0.15, 0.2) is 5.65 Å². The fraction of sp³-hybridized carbons (Fsp3) is 0.381. The Morgan fingerprint density at radius 1 is 1.11 bits per heavy atom. The minimum absolute atomic E-state index is 0.0104. The van der Waals surface area contributed by atoms with E-state index in [1.165, 1.54) is 5.69 Å². The predicted octanol–water partition coefficient (Wildman–Crippen LogP) is 4.93. The second-order valence-corrected chi connectivity index (χ2v) is 7.80. The van der Waals surface area contributed by atoms with Gasteiger partial charge < -0.3 is 5.32 Å². The molecule has 0 spiro atoms. The molecule has 0 bridgehead atoms. The number of carbonyl (C=O) groups excluding carboxylic acids is 1. The summed E-state index contributed by atoms with van der Waals surface area (Å²) in [7, 11) is 0. The molecule has 1 N–H and O–H groups in total. The third-order valence-corrected chi connectivity index (χ3v) is 5.99. The van der Waals surface area contributed by atoms with E-state index in [2.05, 4.69) is 21.5 Å². The topological polar surface area (TPSA) is 59.3 Å². The Morgan fingerprint density at radius 2 is 1.85 bits per heavy atom. The van der Waals surface area contributed by atoms with Crippen LogP contribution in [-0.4, -0.2) is 20.5 Å². The van der Waals surface area contributed by atoms with Crippen molar-refractivity contribution in [3.63, 3.8) is 0 Å². The van der Waals surface area contributed by atoms with Crippen molar-refractivity contribution in [2.75, 3.05) is 5.32 Å². The van der Waals surface area contributed by atoms with Gasteiger partial charge in [0, 0.05) is 40.5 Å². The SMILES string of the molecule is C[C@@H](C(=O)Nc1ccc(Cl)cc1)[C@H]1CC[C@@H](c2ccnc3ccnn32)CC1. The lowest BCUT2D eigenvalue weighted by molar-refractivity contribution is -0.121. The first kappa shape index (κ1) is 18.0. The second-order valence-electron chi connectivity index (χ2n) is 7.37. The molecule has 1 aromatic carbocycles. The number of amides is 1. The number of nitrogens with zero attached hydrogens (tertiary/aromatic N) is 3. The van der Waals surface area contributed by atoms with Crippen molar-refractivity contribution in [2.45, 2.75) is 38.5 Å². The van der Waals surface area contributed by atoms with Gasteiger partial charge in [0.05, 0.1) is 6.20 Å². The summed E-state index contributed by atoms with van der Waals surface area (Å²) in [5.41, 5.74) is 2.91. The fourth-order valence-electron chi connectivity index (χ4n) is 4.08. The number of nitrogens with one attached hydrogen (secondary N) is 1. The first-order valence-electron chi connectivity index (χ1n) is 9.47. The minimum atomic E-state index is -0.0104. The predicted molar refractivity (Wildman–Crippen MR) is 107 cm³/mol. The highest BCUT2D eigenvalue weighted by atomic mass is 35.5. The van der Waals surface area contributed by atoms with Crippen LogP contribution in [0.15, 0.2) is 48.8 Å². The highest BCUT2D eigenvalue weighted by Gasteiger charge is 2.30. The van der Waals surface area contributed by atoms with Gasteiger partial charge in [-0.05, 0) is 61.9 Å². The quantitative estimate of drug-likeness (QED) is 0.695. The van der Waals surface area contributed by atoms with E-state index in [1.54, 1.807) is 18.3 Å². The summed E-state index contributed by atoms with van der Waals surface area (Å²) in [6.45, 7) is 2.04. The van der Waals surface area contributed by atoms with E-state index >= 15 is 0 Å². The Labute approximate surface area is 163 Å². The molecule has 6 heteroatoms. The summed E-state index contributed by atoms with van der Waals surface area (Å²) in [6, 6.07) is 11.3. The second kappa shape index (κ2) is 7.69. The Bertz CT molecular complexity index is 929. The molecule has 0 radical (unpaired) electrons. The van der Waals surface area contributed by atoms with Crippen molar-refractivity contribution >= 4 is 28.8 Å². The molecule has 1 atom stereocenters. The molecule has 1 aliphatic carbocycles. The van der Waals surface area contributed by atoms with Crippen LogP contribution in [0.1, 0.15) is 44.2 Å². The zero-order chi connectivity index (χ0) is 18.8. The van der Waals surface area contributed by atoms with Crippen LogP contribution in [0.3, 0.4) is 0 Å². The number of hydrogen-bond donors (Lipinski definition) is 1. The Morgan fingerprint density at radius 3 is 2.59 bits per heavy atom. The Balaban J connectivity index is 1.37. The number of aromatic nitrogens is 3. The molecule has 1 fully saturated rings. The first-order valence-corrected chi connectivity index (χ1v) is 9.84. The van der Waals surface area contributed by atoms with Crippen molar-refractivity contribution in [3.8, 4) is 0 Å². The molecule has 1 saturated carbocycles. The van der Waals surface area contributed by atoms with Gasteiger partial charge in [0.2, 0.25) is 5.91 Å². The number of halogens is 1. The summed E-state index contributed by atoms with van der Waals surface area (Å²) in [5.74, 6) is 0.949. The van der Waals surface area contributed by atoms with E-state index in [1.807, 2.05) is 35.8 Å². The zero-order valence-electron chi connectivity index (χ0n) is 15.3. The first-order chi connectivity index (χ1) is 13.1. The van der Waals surface area contributed by atoms with Crippen molar-refractivity contribution < 1.29 is 4.79 Å². The summed E-state index contributed by atoms with van der Waals surface area (Å²) in [4.78, 5) is 17.0. The number of hydrogen-bond acceptors (Lipinski definition) is 3. The van der Waals surface area contributed by atoms with Gasteiger partial charge in [-0.1, -0.05) is 18.5 Å². The molecule has 5 nitrogen and oxygen atoms in total. The monoisotopic (exact) mass is 382 g/mol. The van der Waals surface area contributed by atoms with Gasteiger partial charge in [-0.2, -0.15) is 5.10 Å². The molecule has 0 aliphatic heterocycles. The molecule has 27 heavy (non-hydrogen) atoms. The van der Waals surface area contributed by atoms with Gasteiger partial charge in [0.1, 0.15) is 0 Å². The van der Waals surface area contributed by atoms with Crippen LogP contribution in [0.5, 0.6) is 0 Å². The van der Waals surface area contributed by atoms with Crippen molar-refractivity contribution in [2.24, 2.45) is 11.8 Å². The molecular weight excluding hydrogens is 360 g/mol. The lowest BCUT2D eigenvalue weighted by atomic mass is 9.75. The number of benzene rings is 1. The van der Waals surface area contributed by atoms with Gasteiger partial charge >= 0.3 is 0 Å². The van der Waals surface area contributed by atoms with Crippen LogP contribution in [0, 0.1) is 11.8 Å². The van der Waals surface area contributed by atoms with Gasteiger partial charge in [-0.3, -0.25) is 4.79 Å². The third-order valence-electron chi connectivity index (χ3n) is 5.74. The van der Waals surface area contributed by atoms with Crippen LogP contribution in [0.25, 0.3) is 5.65 Å². The van der Waals surface area contributed by atoms with Crippen LogP contribution in [0.2, 0.25) is 5.02 Å². The van der Waals surface area contributed by atoms with E-state index in [4.69, 9.17) is 11.6 Å². The lowest BCUT2D eigenvalue weighted by Gasteiger charge is -2.32. The molecule has 2 aromatic heterocycles.